The van der Waals surface area contributed by atoms with E-state index in [1.54, 1.807) is 6.92 Å². The van der Waals surface area contributed by atoms with Crippen molar-refractivity contribution < 1.29 is 19.1 Å². The second-order valence-corrected chi connectivity index (χ2v) is 9.80. The molecule has 3 aromatic rings. The largest absolute Gasteiger partial charge is 0.488 e. The maximum Gasteiger partial charge on any atom is 0.336 e. The lowest BCUT2D eigenvalue weighted by Crippen LogP contribution is -2.29. The molecule has 6 heteroatoms. The molecule has 0 spiro atoms. The molecule has 0 fully saturated rings. The first kappa shape index (κ1) is 24.1. The van der Waals surface area contributed by atoms with E-state index in [0.29, 0.717) is 34.8 Å². The molecule has 2 aliphatic rings. The number of dihydropyridines is 1. The van der Waals surface area contributed by atoms with E-state index in [0.717, 1.165) is 26.9 Å². The van der Waals surface area contributed by atoms with Crippen LogP contribution in [0.3, 0.4) is 0 Å². The number of nitrogens with one attached hydrogen (secondary N) is 1. The third-order valence-corrected chi connectivity index (χ3v) is 7.17. The van der Waals surface area contributed by atoms with Gasteiger partial charge in [-0.25, -0.2) is 4.79 Å². The summed E-state index contributed by atoms with van der Waals surface area (Å²) in [6.45, 7) is 6.36. The van der Waals surface area contributed by atoms with Crippen LogP contribution in [0.1, 0.15) is 52.4 Å². The summed E-state index contributed by atoms with van der Waals surface area (Å²) >= 11 is 3.64. The summed E-state index contributed by atoms with van der Waals surface area (Å²) in [4.78, 5) is 26.7. The Morgan fingerprint density at radius 1 is 1.00 bits per heavy atom. The Morgan fingerprint density at radius 2 is 1.72 bits per heavy atom. The lowest BCUT2D eigenvalue weighted by atomic mass is 9.80. The number of Topliss-reactive ketones (excluding diaryl/α,β-unsaturated/α-hetero) is 1. The molecule has 182 valence electrons. The summed E-state index contributed by atoms with van der Waals surface area (Å²) in [7, 11) is 0. The Balaban J connectivity index is 1.53. The van der Waals surface area contributed by atoms with Gasteiger partial charge in [0.05, 0.1) is 22.3 Å². The first-order valence-corrected chi connectivity index (χ1v) is 12.7. The van der Waals surface area contributed by atoms with Crippen molar-refractivity contribution in [2.24, 2.45) is 0 Å². The quantitative estimate of drug-likeness (QED) is 0.361. The van der Waals surface area contributed by atoms with Crippen LogP contribution in [0, 0.1) is 6.92 Å². The van der Waals surface area contributed by atoms with Crippen LogP contribution >= 0.6 is 15.9 Å². The Kier molecular flexibility index (Phi) is 6.54. The Hall–Kier alpha value is -3.64. The minimum Gasteiger partial charge on any atom is -0.488 e. The topological polar surface area (TPSA) is 64.6 Å². The van der Waals surface area contributed by atoms with Gasteiger partial charge in [-0.05, 0) is 60.0 Å². The van der Waals surface area contributed by atoms with E-state index >= 15 is 0 Å². The Morgan fingerprint density at radius 3 is 2.42 bits per heavy atom. The fourth-order valence-corrected chi connectivity index (χ4v) is 5.31. The highest BCUT2D eigenvalue weighted by Gasteiger charge is 2.43. The second-order valence-electron chi connectivity index (χ2n) is 8.94. The number of allylic oxidation sites excluding steroid dienone is 2. The third kappa shape index (κ3) is 4.26. The van der Waals surface area contributed by atoms with Crippen molar-refractivity contribution in [3.8, 4) is 5.75 Å². The lowest BCUT2D eigenvalue weighted by molar-refractivity contribution is -0.138. The molecule has 3 aromatic carbocycles. The third-order valence-electron chi connectivity index (χ3n) is 6.55. The summed E-state index contributed by atoms with van der Waals surface area (Å²) in [6.07, 6.45) is 0. The monoisotopic (exact) mass is 543 g/mol. The van der Waals surface area contributed by atoms with Crippen molar-refractivity contribution >= 4 is 33.4 Å². The minimum atomic E-state index is -0.567. The lowest BCUT2D eigenvalue weighted by Gasteiger charge is -2.29. The fourth-order valence-electron chi connectivity index (χ4n) is 4.80. The van der Waals surface area contributed by atoms with Crippen LogP contribution in [0.4, 0.5) is 0 Å². The molecule has 0 amide bonds. The summed E-state index contributed by atoms with van der Waals surface area (Å²) in [6, 6.07) is 21.4. The zero-order valence-corrected chi connectivity index (χ0v) is 21.9. The van der Waals surface area contributed by atoms with Crippen molar-refractivity contribution in [1.29, 1.82) is 0 Å². The highest BCUT2D eigenvalue weighted by molar-refractivity contribution is 9.10. The van der Waals surface area contributed by atoms with Gasteiger partial charge in [0.25, 0.3) is 0 Å². The van der Waals surface area contributed by atoms with Crippen molar-refractivity contribution in [2.45, 2.75) is 33.3 Å². The summed E-state index contributed by atoms with van der Waals surface area (Å²) in [5.41, 5.74) is 6.99. The number of ketones is 1. The maximum absolute atomic E-state index is 13.6. The number of aryl methyl sites for hydroxylation is 1. The van der Waals surface area contributed by atoms with Crippen LogP contribution in [-0.4, -0.2) is 18.4 Å². The number of rotatable bonds is 6. The first-order valence-electron chi connectivity index (χ1n) is 11.9. The van der Waals surface area contributed by atoms with Gasteiger partial charge >= 0.3 is 5.97 Å². The highest BCUT2D eigenvalue weighted by Crippen LogP contribution is 2.47. The Bertz CT molecular complexity index is 1440. The van der Waals surface area contributed by atoms with Gasteiger partial charge in [-0.3, -0.25) is 4.79 Å². The molecule has 5 rings (SSSR count). The van der Waals surface area contributed by atoms with Gasteiger partial charge in [0, 0.05) is 28.3 Å². The standard InChI is InChI=1S/C30H26BrNO4/c1-4-35-30(34)25-18(3)32-28-21-7-5-6-8-22(21)29(33)27(28)26(25)20-13-14-24(23(31)15-20)36-16-19-11-9-17(2)10-12-19/h5-15,26,32H,4,16H2,1-3H3/t26-/m0/s1. The maximum atomic E-state index is 13.6. The van der Waals surface area contributed by atoms with E-state index in [2.05, 4.69) is 40.3 Å². The number of halogens is 1. The number of carbonyl (C=O) groups excluding carboxylic acids is 2. The Labute approximate surface area is 219 Å². The van der Waals surface area contributed by atoms with E-state index < -0.39 is 11.9 Å². The molecule has 5 nitrogen and oxygen atoms in total. The summed E-state index contributed by atoms with van der Waals surface area (Å²) < 4.78 is 12.2. The second kappa shape index (κ2) is 9.78. The van der Waals surface area contributed by atoms with Gasteiger partial charge in [-0.1, -0.05) is 60.2 Å². The van der Waals surface area contributed by atoms with Crippen LogP contribution in [0.15, 0.2) is 88.0 Å². The normalized spacial score (nSPS) is 16.4. The SMILES string of the molecule is CCOC(=O)C1=C(C)NC2=C(C(=O)c3ccccc32)[C@H]1c1ccc(OCc2ccc(C)cc2)c(Br)c1. The van der Waals surface area contributed by atoms with Gasteiger partial charge in [0.2, 0.25) is 0 Å². The van der Waals surface area contributed by atoms with E-state index in [4.69, 9.17) is 9.47 Å². The van der Waals surface area contributed by atoms with E-state index in [9.17, 15) is 9.59 Å². The molecule has 1 aliphatic heterocycles. The molecule has 0 bridgehead atoms. The van der Waals surface area contributed by atoms with Crippen LogP contribution in [0.5, 0.6) is 5.75 Å². The zero-order valence-electron chi connectivity index (χ0n) is 20.4. The predicted molar refractivity (Wildman–Crippen MR) is 143 cm³/mol. The molecule has 36 heavy (non-hydrogen) atoms. The van der Waals surface area contributed by atoms with E-state index in [-0.39, 0.29) is 12.4 Å². The van der Waals surface area contributed by atoms with Crippen LogP contribution in [-0.2, 0) is 16.1 Å². The van der Waals surface area contributed by atoms with Crippen LogP contribution in [0.2, 0.25) is 0 Å². The van der Waals surface area contributed by atoms with Crippen molar-refractivity contribution in [1.82, 2.24) is 5.32 Å². The average molecular weight is 544 g/mol. The van der Waals surface area contributed by atoms with E-state index in [1.807, 2.05) is 61.5 Å². The van der Waals surface area contributed by atoms with Gasteiger partial charge in [-0.2, -0.15) is 0 Å². The minimum absolute atomic E-state index is 0.0804. The molecule has 0 unspecified atom stereocenters. The number of hydrogen-bond donors (Lipinski definition) is 1. The molecule has 0 aromatic heterocycles. The molecule has 1 N–H and O–H groups in total. The van der Waals surface area contributed by atoms with E-state index in [1.165, 1.54) is 5.56 Å². The van der Waals surface area contributed by atoms with Crippen molar-refractivity contribution in [2.75, 3.05) is 6.61 Å². The van der Waals surface area contributed by atoms with Crippen molar-refractivity contribution in [3.05, 3.63) is 116 Å². The molecule has 1 aliphatic carbocycles. The van der Waals surface area contributed by atoms with Gasteiger partial charge < -0.3 is 14.8 Å². The van der Waals surface area contributed by atoms with Crippen LogP contribution < -0.4 is 10.1 Å². The number of ether oxygens (including phenoxy) is 2. The van der Waals surface area contributed by atoms with Crippen LogP contribution in [0.25, 0.3) is 5.70 Å². The first-order chi connectivity index (χ1) is 17.4. The number of esters is 1. The molecule has 0 saturated carbocycles. The number of benzene rings is 3. The molecule has 0 radical (unpaired) electrons. The van der Waals surface area contributed by atoms with Gasteiger partial charge in [-0.15, -0.1) is 0 Å². The molecular weight excluding hydrogens is 518 g/mol. The molecule has 0 saturated heterocycles. The highest BCUT2D eigenvalue weighted by atomic mass is 79.9. The average Bonchev–Trinajstić information content (AvgIpc) is 3.15. The molecular formula is C30H26BrNO4. The van der Waals surface area contributed by atoms with Gasteiger partial charge in [0.15, 0.2) is 5.78 Å². The number of hydrogen-bond acceptors (Lipinski definition) is 5. The molecule has 1 atom stereocenters. The van der Waals surface area contributed by atoms with Crippen molar-refractivity contribution in [3.63, 3.8) is 0 Å². The fraction of sp³-hybridized carbons (Fsp3) is 0.200. The smallest absolute Gasteiger partial charge is 0.336 e. The predicted octanol–water partition coefficient (Wildman–Crippen LogP) is 6.47. The zero-order chi connectivity index (χ0) is 25.4. The summed E-state index contributed by atoms with van der Waals surface area (Å²) in [5.74, 6) is -0.397. The number of fused-ring (bicyclic) bond motifs is 2. The number of carbonyl (C=O) groups is 2. The molecule has 1 heterocycles. The summed E-state index contributed by atoms with van der Waals surface area (Å²) in [5, 5.41) is 3.32. The van der Waals surface area contributed by atoms with Gasteiger partial charge in [0.1, 0.15) is 12.4 Å².